The van der Waals surface area contributed by atoms with Crippen molar-refractivity contribution in [2.75, 3.05) is 43.6 Å². The Hall–Kier alpha value is -2.63. The molecule has 1 aliphatic carbocycles. The van der Waals surface area contributed by atoms with E-state index in [1.54, 1.807) is 18.2 Å². The van der Waals surface area contributed by atoms with Crippen LogP contribution >= 0.6 is 0 Å². The van der Waals surface area contributed by atoms with E-state index in [4.69, 9.17) is 4.74 Å². The molecular formula is C19H22N4O6S. The van der Waals surface area contributed by atoms with E-state index in [0.29, 0.717) is 62.0 Å². The van der Waals surface area contributed by atoms with Gasteiger partial charge < -0.3 is 14.7 Å². The summed E-state index contributed by atoms with van der Waals surface area (Å²) in [5.41, 5.74) is 0.917. The van der Waals surface area contributed by atoms with E-state index in [0.717, 1.165) is 0 Å². The van der Waals surface area contributed by atoms with Crippen LogP contribution in [0.5, 0.6) is 0 Å². The number of aliphatic hydroxyl groups is 1. The third-order valence-corrected chi connectivity index (χ3v) is 8.04. The number of non-ortho nitro benzene ring substituents is 1. The van der Waals surface area contributed by atoms with E-state index in [1.165, 1.54) is 12.1 Å². The Labute approximate surface area is 173 Å². The number of aliphatic hydroxyl groups excluding tert-OH is 1. The van der Waals surface area contributed by atoms with Crippen molar-refractivity contribution < 1.29 is 23.2 Å². The van der Waals surface area contributed by atoms with Gasteiger partial charge >= 0.3 is 0 Å². The number of hydrogen-bond acceptors (Lipinski definition) is 9. The van der Waals surface area contributed by atoms with Gasteiger partial charge in [-0.3, -0.25) is 10.1 Å². The summed E-state index contributed by atoms with van der Waals surface area (Å²) in [5, 5.41) is 20.2. The summed E-state index contributed by atoms with van der Waals surface area (Å²) in [6.07, 6.45) is 0.878. The minimum atomic E-state index is -3.59. The number of aromatic nitrogens is 2. The average Bonchev–Trinajstić information content (AvgIpc) is 3.57. The summed E-state index contributed by atoms with van der Waals surface area (Å²) in [6.45, 7) is 1.88. The molecule has 1 saturated carbocycles. The van der Waals surface area contributed by atoms with Crippen LogP contribution in [-0.4, -0.2) is 67.1 Å². The van der Waals surface area contributed by atoms with E-state index in [-0.39, 0.29) is 11.4 Å². The largest absolute Gasteiger partial charge is 0.395 e. The van der Waals surface area contributed by atoms with Gasteiger partial charge in [-0.15, -0.1) is 0 Å². The number of hydrogen-bond donors (Lipinski definition) is 1. The Balaban J connectivity index is 1.80. The number of rotatable bonds is 7. The number of sulfone groups is 1. The SMILES string of the molecule is O=[N+]([O-])c1ccc(-c2nc(N3CCOCC3)cc(C3(S(=O)(=O)CCO)CC3)n2)cc1. The Morgan fingerprint density at radius 3 is 2.40 bits per heavy atom. The zero-order valence-corrected chi connectivity index (χ0v) is 17.0. The van der Waals surface area contributed by atoms with Gasteiger partial charge in [0.25, 0.3) is 5.69 Å². The van der Waals surface area contributed by atoms with Crippen LogP contribution in [0, 0.1) is 10.1 Å². The van der Waals surface area contributed by atoms with Crippen molar-refractivity contribution >= 4 is 21.3 Å². The smallest absolute Gasteiger partial charge is 0.269 e. The molecule has 10 nitrogen and oxygen atoms in total. The minimum absolute atomic E-state index is 0.0486. The molecule has 2 aliphatic rings. The quantitative estimate of drug-likeness (QED) is 0.505. The zero-order valence-electron chi connectivity index (χ0n) is 16.2. The Morgan fingerprint density at radius 1 is 1.17 bits per heavy atom. The van der Waals surface area contributed by atoms with Crippen molar-refractivity contribution in [2.45, 2.75) is 17.6 Å². The van der Waals surface area contributed by atoms with Crippen LogP contribution in [0.4, 0.5) is 11.5 Å². The minimum Gasteiger partial charge on any atom is -0.395 e. The van der Waals surface area contributed by atoms with Crippen LogP contribution in [0.25, 0.3) is 11.4 Å². The number of ether oxygens (including phenoxy) is 1. The molecular weight excluding hydrogens is 412 g/mol. The molecule has 1 aromatic heterocycles. The Kier molecular flexibility index (Phi) is 5.43. The predicted molar refractivity (Wildman–Crippen MR) is 109 cm³/mol. The summed E-state index contributed by atoms with van der Waals surface area (Å²) in [4.78, 5) is 21.6. The highest BCUT2D eigenvalue weighted by molar-refractivity contribution is 7.92. The van der Waals surface area contributed by atoms with Crippen molar-refractivity contribution in [2.24, 2.45) is 0 Å². The van der Waals surface area contributed by atoms with E-state index in [1.807, 2.05) is 4.90 Å². The summed E-state index contributed by atoms with van der Waals surface area (Å²) in [5.74, 6) is 0.591. The highest BCUT2D eigenvalue weighted by atomic mass is 32.2. The maximum absolute atomic E-state index is 12.8. The van der Waals surface area contributed by atoms with Gasteiger partial charge in [-0.2, -0.15) is 0 Å². The standard InChI is InChI=1S/C19H22N4O6S/c24-9-12-30(27,28)19(5-6-19)16-13-17(22-7-10-29-11-8-22)21-18(20-16)14-1-3-15(4-2-14)23(25)26/h1-4,13,24H,5-12H2. The molecule has 2 fully saturated rings. The monoisotopic (exact) mass is 434 g/mol. The molecule has 2 aromatic rings. The van der Waals surface area contributed by atoms with Gasteiger partial charge in [-0.05, 0) is 25.0 Å². The fourth-order valence-electron chi connectivity index (χ4n) is 3.64. The number of nitrogens with zero attached hydrogens (tertiary/aromatic N) is 4. The molecule has 0 unspecified atom stereocenters. The first-order valence-electron chi connectivity index (χ1n) is 9.66. The van der Waals surface area contributed by atoms with Gasteiger partial charge in [0.2, 0.25) is 0 Å². The highest BCUT2D eigenvalue weighted by Gasteiger charge is 2.56. The van der Waals surface area contributed by atoms with Crippen LogP contribution in [-0.2, 0) is 19.3 Å². The Morgan fingerprint density at radius 2 is 1.83 bits per heavy atom. The predicted octanol–water partition coefficient (Wildman–Crippen LogP) is 1.28. The van der Waals surface area contributed by atoms with Crippen LogP contribution in [0.3, 0.4) is 0 Å². The van der Waals surface area contributed by atoms with E-state index in [2.05, 4.69) is 9.97 Å². The molecule has 1 aromatic carbocycles. The van der Waals surface area contributed by atoms with Gasteiger partial charge in [0, 0.05) is 36.9 Å². The van der Waals surface area contributed by atoms with Crippen molar-refractivity contribution in [3.8, 4) is 11.4 Å². The van der Waals surface area contributed by atoms with E-state index >= 15 is 0 Å². The second-order valence-corrected chi connectivity index (χ2v) is 9.79. The molecule has 4 rings (SSSR count). The topological polar surface area (TPSA) is 136 Å². The molecule has 0 radical (unpaired) electrons. The fraction of sp³-hybridized carbons (Fsp3) is 0.474. The van der Waals surface area contributed by atoms with Gasteiger partial charge in [0.1, 0.15) is 10.6 Å². The summed E-state index contributed by atoms with van der Waals surface area (Å²) >= 11 is 0. The summed E-state index contributed by atoms with van der Waals surface area (Å²) in [6, 6.07) is 7.57. The van der Waals surface area contributed by atoms with Crippen LogP contribution < -0.4 is 4.90 Å². The maximum Gasteiger partial charge on any atom is 0.269 e. The van der Waals surface area contributed by atoms with Gasteiger partial charge in [0.15, 0.2) is 15.7 Å². The molecule has 0 spiro atoms. The maximum atomic E-state index is 12.8. The molecule has 0 amide bonds. The van der Waals surface area contributed by atoms with Crippen LogP contribution in [0.15, 0.2) is 30.3 Å². The number of benzene rings is 1. The first-order chi connectivity index (χ1) is 14.4. The lowest BCUT2D eigenvalue weighted by Crippen LogP contribution is -2.37. The van der Waals surface area contributed by atoms with E-state index in [9.17, 15) is 23.6 Å². The summed E-state index contributed by atoms with van der Waals surface area (Å²) < 4.78 is 30.0. The molecule has 1 aliphatic heterocycles. The second kappa shape index (κ2) is 7.89. The van der Waals surface area contributed by atoms with E-state index < -0.39 is 26.1 Å². The lowest BCUT2D eigenvalue weighted by molar-refractivity contribution is -0.384. The van der Waals surface area contributed by atoms with Crippen molar-refractivity contribution in [3.63, 3.8) is 0 Å². The van der Waals surface area contributed by atoms with Crippen LogP contribution in [0.1, 0.15) is 18.5 Å². The molecule has 0 bridgehead atoms. The fourth-order valence-corrected chi connectivity index (χ4v) is 5.42. The Bertz CT molecular complexity index is 1050. The number of nitro benzene ring substituents is 1. The molecule has 0 atom stereocenters. The second-order valence-electron chi connectivity index (χ2n) is 7.38. The lowest BCUT2D eigenvalue weighted by Gasteiger charge is -2.29. The number of morpholine rings is 1. The third-order valence-electron chi connectivity index (χ3n) is 5.51. The number of anilines is 1. The van der Waals surface area contributed by atoms with Gasteiger partial charge in [0.05, 0.1) is 36.2 Å². The molecule has 1 N–H and O–H groups in total. The summed E-state index contributed by atoms with van der Waals surface area (Å²) in [7, 11) is -3.59. The highest BCUT2D eigenvalue weighted by Crippen LogP contribution is 2.53. The molecule has 30 heavy (non-hydrogen) atoms. The first kappa shape index (κ1) is 20.6. The third kappa shape index (κ3) is 3.75. The van der Waals surface area contributed by atoms with Crippen LogP contribution in [0.2, 0.25) is 0 Å². The molecule has 1 saturated heterocycles. The first-order valence-corrected chi connectivity index (χ1v) is 11.3. The molecule has 11 heteroatoms. The van der Waals surface area contributed by atoms with Crippen molar-refractivity contribution in [1.82, 2.24) is 9.97 Å². The average molecular weight is 434 g/mol. The van der Waals surface area contributed by atoms with Gasteiger partial charge in [-0.1, -0.05) is 0 Å². The van der Waals surface area contributed by atoms with Crippen molar-refractivity contribution in [3.05, 3.63) is 46.1 Å². The van der Waals surface area contributed by atoms with Gasteiger partial charge in [-0.25, -0.2) is 18.4 Å². The zero-order chi connectivity index (χ0) is 21.4. The number of nitro groups is 1. The normalized spacial score (nSPS) is 18.2. The van der Waals surface area contributed by atoms with Crippen molar-refractivity contribution in [1.29, 1.82) is 0 Å². The molecule has 160 valence electrons. The lowest BCUT2D eigenvalue weighted by atomic mass is 10.1. The molecule has 2 heterocycles.